The van der Waals surface area contributed by atoms with Crippen LogP contribution in [0.2, 0.25) is 0 Å². The molecular weight excluding hydrogens is 184 g/mol. The lowest BCUT2D eigenvalue weighted by molar-refractivity contribution is 0.210. The molecule has 0 saturated carbocycles. The second-order valence-corrected chi connectivity index (χ2v) is 3.16. The van der Waals surface area contributed by atoms with Gasteiger partial charge in [-0.2, -0.15) is 0 Å². The van der Waals surface area contributed by atoms with Gasteiger partial charge < -0.3 is 19.4 Å². The number of hydrogen-bond acceptors (Lipinski definition) is 6. The zero-order chi connectivity index (χ0) is 10.4. The summed E-state index contributed by atoms with van der Waals surface area (Å²) in [5, 5.41) is 10.7. The van der Waals surface area contributed by atoms with Crippen molar-refractivity contribution in [2.45, 2.75) is 6.54 Å². The Kier molecular flexibility index (Phi) is 4.34. The molecule has 0 unspecified atom stereocenters. The van der Waals surface area contributed by atoms with Crippen molar-refractivity contribution in [2.24, 2.45) is 0 Å². The van der Waals surface area contributed by atoms with Crippen LogP contribution in [0.4, 0.5) is 6.01 Å². The maximum absolute atomic E-state index is 5.31. The Balaban J connectivity index is 2.35. The fourth-order valence-corrected chi connectivity index (χ4v) is 0.919. The van der Waals surface area contributed by atoms with E-state index in [0.717, 1.165) is 0 Å². The fraction of sp³-hybridized carbons (Fsp3) is 0.750. The number of nitrogens with zero attached hydrogens (tertiary/aromatic N) is 3. The largest absolute Gasteiger partial charge is 0.407 e. The predicted octanol–water partition coefficient (Wildman–Crippen LogP) is 0.189. The fourth-order valence-electron chi connectivity index (χ4n) is 0.919. The molecule has 0 atom stereocenters. The van der Waals surface area contributed by atoms with Crippen molar-refractivity contribution < 1.29 is 9.15 Å². The monoisotopic (exact) mass is 200 g/mol. The van der Waals surface area contributed by atoms with E-state index >= 15 is 0 Å². The molecule has 0 aliphatic carbocycles. The molecule has 0 aliphatic rings. The number of hydrogen-bond donors (Lipinski definition) is 1. The van der Waals surface area contributed by atoms with Gasteiger partial charge in [-0.3, -0.25) is 0 Å². The minimum absolute atomic E-state index is 0.443. The third kappa shape index (κ3) is 3.71. The first-order valence-corrected chi connectivity index (χ1v) is 4.42. The van der Waals surface area contributed by atoms with Crippen LogP contribution < -0.4 is 5.32 Å². The number of ether oxygens (including phenoxy) is 1. The van der Waals surface area contributed by atoms with Gasteiger partial charge >= 0.3 is 6.01 Å². The van der Waals surface area contributed by atoms with Gasteiger partial charge in [0.15, 0.2) is 0 Å². The highest BCUT2D eigenvalue weighted by molar-refractivity contribution is 5.16. The normalized spacial score (nSPS) is 10.9. The van der Waals surface area contributed by atoms with E-state index in [1.54, 1.807) is 7.11 Å². The summed E-state index contributed by atoms with van der Waals surface area (Å²) in [7, 11) is 5.54. The van der Waals surface area contributed by atoms with E-state index < -0.39 is 0 Å². The van der Waals surface area contributed by atoms with Crippen LogP contribution in [0.25, 0.3) is 0 Å². The molecule has 14 heavy (non-hydrogen) atoms. The van der Waals surface area contributed by atoms with Crippen molar-refractivity contribution in [2.75, 3.05) is 39.7 Å². The van der Waals surface area contributed by atoms with E-state index in [4.69, 9.17) is 9.15 Å². The number of rotatable bonds is 6. The molecule has 0 saturated heterocycles. The van der Waals surface area contributed by atoms with Gasteiger partial charge in [-0.1, -0.05) is 5.10 Å². The summed E-state index contributed by atoms with van der Waals surface area (Å²) >= 11 is 0. The zero-order valence-corrected chi connectivity index (χ0v) is 8.78. The predicted molar refractivity (Wildman–Crippen MR) is 52.1 cm³/mol. The van der Waals surface area contributed by atoms with Gasteiger partial charge in [-0.25, -0.2) is 0 Å². The summed E-state index contributed by atoms with van der Waals surface area (Å²) < 4.78 is 10.2. The summed E-state index contributed by atoms with van der Waals surface area (Å²) in [6.07, 6.45) is 0. The van der Waals surface area contributed by atoms with E-state index in [1.807, 2.05) is 19.0 Å². The maximum atomic E-state index is 5.31. The highest BCUT2D eigenvalue weighted by atomic mass is 16.5. The first kappa shape index (κ1) is 10.9. The average Bonchev–Trinajstić information content (AvgIpc) is 2.52. The van der Waals surface area contributed by atoms with E-state index in [-0.39, 0.29) is 0 Å². The van der Waals surface area contributed by atoms with Gasteiger partial charge in [0.2, 0.25) is 5.89 Å². The standard InChI is InChI=1S/C8H16N4O2/c1-12(2)6-7-10-11-8(14-7)9-4-5-13-3/h4-6H2,1-3H3,(H,9,11). The molecule has 1 aromatic heterocycles. The number of nitrogens with one attached hydrogen (secondary N) is 1. The molecule has 0 aliphatic heterocycles. The Hall–Kier alpha value is -1.14. The number of methoxy groups -OCH3 is 1. The van der Waals surface area contributed by atoms with Crippen molar-refractivity contribution in [3.8, 4) is 0 Å². The average molecular weight is 200 g/mol. The van der Waals surface area contributed by atoms with Crippen LogP contribution in [0.3, 0.4) is 0 Å². The SMILES string of the molecule is COCCNc1nnc(CN(C)C)o1. The van der Waals surface area contributed by atoms with Gasteiger partial charge in [0.05, 0.1) is 13.2 Å². The van der Waals surface area contributed by atoms with Crippen LogP contribution >= 0.6 is 0 Å². The minimum Gasteiger partial charge on any atom is -0.407 e. The summed E-state index contributed by atoms with van der Waals surface area (Å²) in [5.74, 6) is 0.606. The highest BCUT2D eigenvalue weighted by Gasteiger charge is 2.05. The van der Waals surface area contributed by atoms with Gasteiger partial charge in [0.1, 0.15) is 0 Å². The minimum atomic E-state index is 0.443. The topological polar surface area (TPSA) is 63.4 Å². The third-order valence-electron chi connectivity index (χ3n) is 1.50. The molecule has 0 amide bonds. The zero-order valence-electron chi connectivity index (χ0n) is 8.78. The summed E-state index contributed by atoms with van der Waals surface area (Å²) in [6, 6.07) is 0.443. The molecule has 0 radical (unpaired) electrons. The molecule has 6 heteroatoms. The lowest BCUT2D eigenvalue weighted by Gasteiger charge is -2.03. The molecule has 0 spiro atoms. The Morgan fingerprint density at radius 3 is 2.86 bits per heavy atom. The highest BCUT2D eigenvalue weighted by Crippen LogP contribution is 2.05. The molecule has 1 N–H and O–H groups in total. The molecule has 0 aromatic carbocycles. The molecule has 6 nitrogen and oxygen atoms in total. The molecular formula is C8H16N4O2. The van der Waals surface area contributed by atoms with E-state index in [0.29, 0.717) is 31.6 Å². The molecule has 1 rings (SSSR count). The van der Waals surface area contributed by atoms with Gasteiger partial charge in [-0.15, -0.1) is 5.10 Å². The van der Waals surface area contributed by atoms with Crippen LogP contribution in [-0.2, 0) is 11.3 Å². The summed E-state index contributed by atoms with van der Waals surface area (Å²) in [5.41, 5.74) is 0. The van der Waals surface area contributed by atoms with Crippen molar-refractivity contribution in [3.63, 3.8) is 0 Å². The molecule has 1 heterocycles. The quantitative estimate of drug-likeness (QED) is 0.661. The first-order chi connectivity index (χ1) is 6.72. The number of anilines is 1. The Morgan fingerprint density at radius 2 is 2.21 bits per heavy atom. The number of aromatic nitrogens is 2. The van der Waals surface area contributed by atoms with Gasteiger partial charge in [-0.05, 0) is 14.1 Å². The molecule has 1 aromatic rings. The van der Waals surface area contributed by atoms with Crippen molar-refractivity contribution in [1.82, 2.24) is 15.1 Å². The smallest absolute Gasteiger partial charge is 0.315 e. The Bertz CT molecular complexity index is 262. The first-order valence-electron chi connectivity index (χ1n) is 4.42. The van der Waals surface area contributed by atoms with E-state index in [1.165, 1.54) is 0 Å². The van der Waals surface area contributed by atoms with Crippen LogP contribution in [-0.4, -0.2) is 49.5 Å². The second-order valence-electron chi connectivity index (χ2n) is 3.16. The second kappa shape index (κ2) is 5.56. The summed E-state index contributed by atoms with van der Waals surface area (Å²) in [4.78, 5) is 1.96. The van der Waals surface area contributed by atoms with Crippen molar-refractivity contribution >= 4 is 6.01 Å². The van der Waals surface area contributed by atoms with Crippen molar-refractivity contribution in [3.05, 3.63) is 5.89 Å². The van der Waals surface area contributed by atoms with Crippen LogP contribution in [0.15, 0.2) is 4.42 Å². The lowest BCUT2D eigenvalue weighted by Crippen LogP contribution is -2.10. The molecule has 0 bridgehead atoms. The third-order valence-corrected chi connectivity index (χ3v) is 1.50. The van der Waals surface area contributed by atoms with Crippen molar-refractivity contribution in [1.29, 1.82) is 0 Å². The van der Waals surface area contributed by atoms with Crippen LogP contribution in [0.1, 0.15) is 5.89 Å². The van der Waals surface area contributed by atoms with E-state index in [9.17, 15) is 0 Å². The van der Waals surface area contributed by atoms with Crippen LogP contribution in [0.5, 0.6) is 0 Å². The molecule has 80 valence electrons. The maximum Gasteiger partial charge on any atom is 0.315 e. The van der Waals surface area contributed by atoms with Crippen LogP contribution in [0, 0.1) is 0 Å². The van der Waals surface area contributed by atoms with Gasteiger partial charge in [0.25, 0.3) is 0 Å². The van der Waals surface area contributed by atoms with Gasteiger partial charge in [0, 0.05) is 13.7 Å². The lowest BCUT2D eigenvalue weighted by atomic mass is 10.6. The Labute approximate surface area is 83.2 Å². The van der Waals surface area contributed by atoms with E-state index in [2.05, 4.69) is 15.5 Å². The Morgan fingerprint density at radius 1 is 1.43 bits per heavy atom. The molecule has 0 fully saturated rings. The summed E-state index contributed by atoms with van der Waals surface area (Å²) in [6.45, 7) is 1.93.